The van der Waals surface area contributed by atoms with Crippen molar-refractivity contribution in [2.75, 3.05) is 14.2 Å². The van der Waals surface area contributed by atoms with Crippen LogP contribution in [0.5, 0.6) is 11.5 Å². The summed E-state index contributed by atoms with van der Waals surface area (Å²) in [4.78, 5) is 20.3. The first kappa shape index (κ1) is 45.7. The van der Waals surface area contributed by atoms with Crippen molar-refractivity contribution in [1.82, 2.24) is 30.0 Å². The van der Waals surface area contributed by atoms with Gasteiger partial charge in [0.2, 0.25) is 0 Å². The molecule has 0 unspecified atom stereocenters. The van der Waals surface area contributed by atoms with E-state index in [2.05, 4.69) is 36.6 Å². The van der Waals surface area contributed by atoms with Crippen molar-refractivity contribution >= 4 is 62.0 Å². The maximum Gasteiger partial charge on any atom is 0.488 e. The number of nitrogens with zero attached hydrogens (tertiary/aromatic N) is 8. The maximum atomic E-state index is 11.1. The number of aromatic nitrogens is 6. The number of rotatable bonds is 10. The Morgan fingerprint density at radius 2 is 1.13 bits per heavy atom. The van der Waals surface area contributed by atoms with Crippen LogP contribution in [0.4, 0.5) is 11.4 Å². The molecule has 0 aliphatic rings. The highest BCUT2D eigenvalue weighted by atomic mass is 79.9. The van der Waals surface area contributed by atoms with E-state index < -0.39 is 17.0 Å². The predicted molar refractivity (Wildman–Crippen MR) is 235 cm³/mol. The topological polar surface area (TPSA) is 207 Å². The zero-order valence-electron chi connectivity index (χ0n) is 31.0. The van der Waals surface area contributed by atoms with Crippen molar-refractivity contribution in [1.29, 1.82) is 0 Å². The van der Waals surface area contributed by atoms with Crippen molar-refractivity contribution in [3.05, 3.63) is 169 Å². The minimum absolute atomic E-state index is 0. The molecule has 0 aliphatic heterocycles. The van der Waals surface area contributed by atoms with E-state index >= 15 is 0 Å². The second kappa shape index (κ2) is 21.1. The quantitative estimate of drug-likeness (QED) is 0.0765. The molecule has 8 rings (SSSR count). The van der Waals surface area contributed by atoms with Crippen LogP contribution in [0, 0.1) is 20.2 Å². The lowest BCUT2D eigenvalue weighted by atomic mass is 9.80. The minimum atomic E-state index is -1.66. The van der Waals surface area contributed by atoms with Crippen molar-refractivity contribution in [3.8, 4) is 22.6 Å². The van der Waals surface area contributed by atoms with Crippen LogP contribution in [-0.4, -0.2) is 71.2 Å². The van der Waals surface area contributed by atoms with Crippen LogP contribution in [0.1, 0.15) is 26.0 Å². The number of non-ortho nitro benzene ring substituents is 2. The molecule has 0 bridgehead atoms. The SMILES string of the molecule is C.C.COc1ccc(Cn2nnc3ccccc32)cc1-c1cccc([N+](=O)[O-])c1.COc1ccc(Cn2nnc3ccccc32)cc1Br.O=[N+]([O-])c1cccc(B(O)O)c1. The standard InChI is InChI=1S/C20H16N4O3.C14H12BrN3O.C6H6BNO4.2CH4/c1-27-20-10-9-14(13-23-19-8-3-2-7-18(19)21-22-23)11-17(20)15-5-4-6-16(12-15)24(25)26;1-19-14-7-6-10(8-11(14)15)9-18-13-5-3-2-4-12(13)16-17-18;9-7(10)5-2-1-3-6(4-5)8(11)12;;/h2-12H,13H2,1H3;2-8H,9H2,1H3;1-4,9-10H;2*1H4. The molecule has 0 radical (unpaired) electrons. The molecule has 0 spiro atoms. The average molecular weight is 878 g/mol. The van der Waals surface area contributed by atoms with Gasteiger partial charge in [-0.25, -0.2) is 9.36 Å². The number of halogens is 1. The normalized spacial score (nSPS) is 10.2. The molecule has 0 aliphatic carbocycles. The Kier molecular flexibility index (Phi) is 16.1. The summed E-state index contributed by atoms with van der Waals surface area (Å²) in [5.74, 6) is 1.48. The Morgan fingerprint density at radius 3 is 1.65 bits per heavy atom. The van der Waals surface area contributed by atoms with Crippen LogP contribution in [0.3, 0.4) is 0 Å². The third-order valence-electron chi connectivity index (χ3n) is 8.73. The first-order valence-corrected chi connectivity index (χ1v) is 18.2. The van der Waals surface area contributed by atoms with E-state index in [1.54, 1.807) is 26.4 Å². The highest BCUT2D eigenvalue weighted by Crippen LogP contribution is 2.33. The Labute approximate surface area is 354 Å². The molecule has 8 aromatic rings. The molecular formula is C42H42BBrN8O8. The molecule has 0 amide bonds. The van der Waals surface area contributed by atoms with Gasteiger partial charge in [-0.15, -0.1) is 10.2 Å². The minimum Gasteiger partial charge on any atom is -0.496 e. The number of hydrogen-bond donors (Lipinski definition) is 2. The summed E-state index contributed by atoms with van der Waals surface area (Å²) in [6.07, 6.45) is 0. The number of methoxy groups -OCH3 is 2. The van der Waals surface area contributed by atoms with Crippen LogP contribution in [-0.2, 0) is 13.1 Å². The van der Waals surface area contributed by atoms with Gasteiger partial charge in [0, 0.05) is 29.8 Å². The Morgan fingerprint density at radius 1 is 0.633 bits per heavy atom. The number of nitro benzene ring substituents is 2. The molecule has 0 saturated carbocycles. The van der Waals surface area contributed by atoms with Gasteiger partial charge in [0.1, 0.15) is 22.5 Å². The lowest BCUT2D eigenvalue weighted by Gasteiger charge is -2.11. The average Bonchev–Trinajstić information content (AvgIpc) is 3.85. The zero-order valence-corrected chi connectivity index (χ0v) is 32.6. The first-order valence-electron chi connectivity index (χ1n) is 17.5. The van der Waals surface area contributed by atoms with Gasteiger partial charge in [-0.3, -0.25) is 20.2 Å². The maximum absolute atomic E-state index is 11.1. The molecule has 60 heavy (non-hydrogen) atoms. The fourth-order valence-electron chi connectivity index (χ4n) is 5.89. The van der Waals surface area contributed by atoms with Gasteiger partial charge in [-0.1, -0.05) is 85.9 Å². The van der Waals surface area contributed by atoms with Crippen LogP contribution in [0.2, 0.25) is 0 Å². The second-order valence-corrected chi connectivity index (χ2v) is 13.4. The number of para-hydroxylation sites is 2. The second-order valence-electron chi connectivity index (χ2n) is 12.5. The van der Waals surface area contributed by atoms with E-state index in [1.165, 1.54) is 24.3 Å². The van der Waals surface area contributed by atoms with Crippen LogP contribution in [0.15, 0.2) is 138 Å². The smallest absolute Gasteiger partial charge is 0.488 e. The number of benzene rings is 6. The summed E-state index contributed by atoms with van der Waals surface area (Å²) in [5, 5.41) is 55.4. The van der Waals surface area contributed by atoms with Crippen molar-refractivity contribution in [2.45, 2.75) is 27.9 Å². The Balaban J connectivity index is 0.000000211. The molecular weight excluding hydrogens is 835 g/mol. The third-order valence-corrected chi connectivity index (χ3v) is 9.35. The number of ether oxygens (including phenoxy) is 2. The van der Waals surface area contributed by atoms with E-state index in [0.717, 1.165) is 60.6 Å². The highest BCUT2D eigenvalue weighted by Gasteiger charge is 2.15. The van der Waals surface area contributed by atoms with Gasteiger partial charge >= 0.3 is 7.12 Å². The highest BCUT2D eigenvalue weighted by molar-refractivity contribution is 9.10. The molecule has 0 fully saturated rings. The molecule has 2 heterocycles. The summed E-state index contributed by atoms with van der Waals surface area (Å²) in [7, 11) is 1.58. The summed E-state index contributed by atoms with van der Waals surface area (Å²) in [6.45, 7) is 1.22. The van der Waals surface area contributed by atoms with E-state index in [0.29, 0.717) is 18.8 Å². The summed E-state index contributed by atoms with van der Waals surface area (Å²) in [6, 6.07) is 39.2. The van der Waals surface area contributed by atoms with Crippen molar-refractivity contribution in [2.24, 2.45) is 0 Å². The summed E-state index contributed by atoms with van der Waals surface area (Å²) < 4.78 is 15.3. The molecule has 2 aromatic heterocycles. The lowest BCUT2D eigenvalue weighted by molar-refractivity contribution is -0.385. The van der Waals surface area contributed by atoms with Gasteiger partial charge in [0.05, 0.1) is 52.7 Å². The number of hydrogen-bond acceptors (Lipinski definition) is 12. The van der Waals surface area contributed by atoms with Crippen LogP contribution < -0.4 is 14.9 Å². The molecule has 2 N–H and O–H groups in total. The summed E-state index contributed by atoms with van der Waals surface area (Å²) >= 11 is 3.49. The molecule has 6 aromatic carbocycles. The number of fused-ring (bicyclic) bond motifs is 2. The fraction of sp³-hybridized carbons (Fsp3) is 0.143. The largest absolute Gasteiger partial charge is 0.496 e. The van der Waals surface area contributed by atoms with Gasteiger partial charge in [-0.05, 0) is 86.6 Å². The van der Waals surface area contributed by atoms with Crippen LogP contribution in [0.25, 0.3) is 33.2 Å². The van der Waals surface area contributed by atoms with E-state index in [-0.39, 0.29) is 31.7 Å². The molecule has 16 nitrogen and oxygen atoms in total. The molecule has 18 heteroatoms. The number of nitro groups is 2. The van der Waals surface area contributed by atoms with Crippen molar-refractivity contribution in [3.63, 3.8) is 0 Å². The Bertz CT molecular complexity index is 2710. The predicted octanol–water partition coefficient (Wildman–Crippen LogP) is 7.86. The van der Waals surface area contributed by atoms with Gasteiger partial charge < -0.3 is 19.5 Å². The lowest BCUT2D eigenvalue weighted by Crippen LogP contribution is -2.29. The van der Waals surface area contributed by atoms with Gasteiger partial charge in [0.25, 0.3) is 11.4 Å². The van der Waals surface area contributed by atoms with Crippen LogP contribution >= 0.6 is 15.9 Å². The fourth-order valence-corrected chi connectivity index (χ4v) is 6.48. The van der Waals surface area contributed by atoms with Gasteiger partial charge in [-0.2, -0.15) is 0 Å². The molecule has 0 atom stereocenters. The van der Waals surface area contributed by atoms with E-state index in [9.17, 15) is 20.2 Å². The van der Waals surface area contributed by atoms with Gasteiger partial charge in [0.15, 0.2) is 0 Å². The van der Waals surface area contributed by atoms with E-state index in [4.69, 9.17) is 19.5 Å². The molecule has 308 valence electrons. The zero-order chi connectivity index (χ0) is 41.2. The van der Waals surface area contributed by atoms with E-state index in [1.807, 2.05) is 100 Å². The van der Waals surface area contributed by atoms with Crippen molar-refractivity contribution < 1.29 is 29.4 Å². The monoisotopic (exact) mass is 876 g/mol. The third kappa shape index (κ3) is 11.1. The first-order chi connectivity index (χ1) is 28.0. The summed E-state index contributed by atoms with van der Waals surface area (Å²) in [5.41, 5.74) is 7.40. The Hall–Kier alpha value is -7.02. The molecule has 0 saturated heterocycles.